The van der Waals surface area contributed by atoms with Crippen LogP contribution in [0.4, 0.5) is 5.82 Å². The van der Waals surface area contributed by atoms with Crippen molar-refractivity contribution in [2.24, 2.45) is 0 Å². The molecule has 0 aliphatic carbocycles. The van der Waals surface area contributed by atoms with Gasteiger partial charge in [0.05, 0.1) is 18.7 Å². The van der Waals surface area contributed by atoms with Gasteiger partial charge < -0.3 is 14.6 Å². The average molecular weight is 282 g/mol. The molecule has 0 aromatic carbocycles. The Morgan fingerprint density at radius 3 is 3.00 bits per heavy atom. The number of nitrogens with zero attached hydrogens (tertiary/aromatic N) is 2. The molecule has 0 spiro atoms. The Labute approximate surface area is 102 Å². The number of rotatable bonds is 1. The molecule has 1 aliphatic heterocycles. The summed E-state index contributed by atoms with van der Waals surface area (Å²) in [7, 11) is 0. The van der Waals surface area contributed by atoms with Crippen LogP contribution in [-0.2, 0) is 4.74 Å². The fourth-order valence-corrected chi connectivity index (χ4v) is 2.45. The van der Waals surface area contributed by atoms with Crippen molar-refractivity contribution in [1.82, 2.24) is 9.97 Å². The van der Waals surface area contributed by atoms with Gasteiger partial charge in [0.25, 0.3) is 0 Å². The third kappa shape index (κ3) is 1.60. The molecule has 0 radical (unpaired) electrons. The van der Waals surface area contributed by atoms with Crippen molar-refractivity contribution in [1.29, 1.82) is 0 Å². The fourth-order valence-electron chi connectivity index (χ4n) is 2.02. The highest BCUT2D eigenvalue weighted by molar-refractivity contribution is 9.10. The number of pyridine rings is 1. The summed E-state index contributed by atoms with van der Waals surface area (Å²) in [5.41, 5.74) is 1.09. The quantitative estimate of drug-likeness (QED) is 0.871. The Balaban J connectivity index is 2.08. The number of nitrogens with one attached hydrogen (secondary N) is 1. The van der Waals surface area contributed by atoms with Crippen molar-refractivity contribution >= 4 is 32.7 Å². The largest absolute Gasteiger partial charge is 0.378 e. The summed E-state index contributed by atoms with van der Waals surface area (Å²) >= 11 is 3.51. The molecule has 4 nitrogen and oxygen atoms in total. The summed E-state index contributed by atoms with van der Waals surface area (Å²) in [6.45, 7) is 3.37. The third-order valence-electron chi connectivity index (χ3n) is 2.84. The number of hydrogen-bond donors (Lipinski definition) is 1. The summed E-state index contributed by atoms with van der Waals surface area (Å²) in [4.78, 5) is 10.0. The van der Waals surface area contributed by atoms with Gasteiger partial charge in [-0.25, -0.2) is 4.98 Å². The van der Waals surface area contributed by atoms with Crippen LogP contribution in [0.25, 0.3) is 10.9 Å². The normalized spacial score (nSPS) is 16.9. The van der Waals surface area contributed by atoms with Crippen molar-refractivity contribution in [3.05, 3.63) is 22.9 Å². The molecule has 0 amide bonds. The minimum Gasteiger partial charge on any atom is -0.378 e. The van der Waals surface area contributed by atoms with E-state index in [1.807, 2.05) is 12.4 Å². The van der Waals surface area contributed by atoms with Gasteiger partial charge in [0.15, 0.2) is 5.82 Å². The summed E-state index contributed by atoms with van der Waals surface area (Å²) in [5.74, 6) is 1.02. The predicted molar refractivity (Wildman–Crippen MR) is 66.8 cm³/mol. The molecule has 2 aromatic heterocycles. The van der Waals surface area contributed by atoms with E-state index in [9.17, 15) is 0 Å². The van der Waals surface area contributed by atoms with E-state index in [1.165, 1.54) is 5.39 Å². The zero-order valence-corrected chi connectivity index (χ0v) is 10.3. The van der Waals surface area contributed by atoms with Gasteiger partial charge >= 0.3 is 0 Å². The zero-order valence-electron chi connectivity index (χ0n) is 8.74. The molecule has 0 atom stereocenters. The second-order valence-electron chi connectivity index (χ2n) is 3.80. The molecule has 1 fully saturated rings. The molecule has 1 saturated heterocycles. The summed E-state index contributed by atoms with van der Waals surface area (Å²) in [5, 5.41) is 1.18. The molecular weight excluding hydrogens is 270 g/mol. The number of aromatic amines is 1. The first-order chi connectivity index (χ1) is 7.86. The average Bonchev–Trinajstić information content (AvgIpc) is 2.81. The number of hydrogen-bond acceptors (Lipinski definition) is 3. The SMILES string of the molecule is Brc1cnc(N2CCOCC2)c2[nH]ccc12. The van der Waals surface area contributed by atoms with Gasteiger partial charge in [-0.05, 0) is 22.0 Å². The number of fused-ring (bicyclic) bond motifs is 1. The first-order valence-corrected chi connectivity index (χ1v) is 6.10. The molecule has 1 N–H and O–H groups in total. The lowest BCUT2D eigenvalue weighted by atomic mass is 10.3. The van der Waals surface area contributed by atoms with Gasteiger partial charge in [-0.15, -0.1) is 0 Å². The van der Waals surface area contributed by atoms with E-state index in [1.54, 1.807) is 0 Å². The number of H-pyrrole nitrogens is 1. The van der Waals surface area contributed by atoms with E-state index in [-0.39, 0.29) is 0 Å². The Morgan fingerprint density at radius 1 is 1.38 bits per heavy atom. The molecule has 16 heavy (non-hydrogen) atoms. The first kappa shape index (κ1) is 10.1. The van der Waals surface area contributed by atoms with Crippen molar-refractivity contribution in [2.45, 2.75) is 0 Å². The lowest BCUT2D eigenvalue weighted by molar-refractivity contribution is 0.122. The second-order valence-corrected chi connectivity index (χ2v) is 4.65. The van der Waals surface area contributed by atoms with Crippen molar-refractivity contribution < 1.29 is 4.74 Å². The van der Waals surface area contributed by atoms with Gasteiger partial charge in [-0.2, -0.15) is 0 Å². The molecule has 3 rings (SSSR count). The monoisotopic (exact) mass is 281 g/mol. The number of anilines is 1. The highest BCUT2D eigenvalue weighted by Crippen LogP contribution is 2.29. The zero-order chi connectivity index (χ0) is 11.0. The van der Waals surface area contributed by atoms with Gasteiger partial charge in [-0.1, -0.05) is 0 Å². The third-order valence-corrected chi connectivity index (χ3v) is 3.47. The molecule has 1 aliphatic rings. The summed E-state index contributed by atoms with van der Waals surface area (Å²) in [6.07, 6.45) is 3.81. The number of ether oxygens (including phenoxy) is 1. The van der Waals surface area contributed by atoms with Crippen molar-refractivity contribution in [2.75, 3.05) is 31.2 Å². The summed E-state index contributed by atoms with van der Waals surface area (Å²) < 4.78 is 6.38. The van der Waals surface area contributed by atoms with Crippen LogP contribution in [0.1, 0.15) is 0 Å². The van der Waals surface area contributed by atoms with Crippen LogP contribution in [0.15, 0.2) is 22.9 Å². The van der Waals surface area contributed by atoms with Crippen LogP contribution < -0.4 is 4.90 Å². The van der Waals surface area contributed by atoms with Crippen LogP contribution in [0, 0.1) is 0 Å². The van der Waals surface area contributed by atoms with Gasteiger partial charge in [0.2, 0.25) is 0 Å². The van der Waals surface area contributed by atoms with Crippen molar-refractivity contribution in [3.8, 4) is 0 Å². The number of morpholine rings is 1. The van der Waals surface area contributed by atoms with E-state index in [4.69, 9.17) is 4.74 Å². The molecule has 5 heteroatoms. The molecule has 3 heterocycles. The molecule has 0 bridgehead atoms. The van der Waals surface area contributed by atoms with E-state index in [0.717, 1.165) is 42.1 Å². The predicted octanol–water partition coefficient (Wildman–Crippen LogP) is 2.16. The Hall–Kier alpha value is -1.07. The standard InChI is InChI=1S/C11H12BrN3O/c12-9-7-14-11(10-8(9)1-2-13-10)15-3-5-16-6-4-15/h1-2,7,13H,3-6H2. The number of halogens is 1. The Bertz CT molecular complexity index is 505. The van der Waals surface area contributed by atoms with Crippen LogP contribution >= 0.6 is 15.9 Å². The van der Waals surface area contributed by atoms with Gasteiger partial charge in [0, 0.05) is 35.3 Å². The lowest BCUT2D eigenvalue weighted by Crippen LogP contribution is -2.36. The first-order valence-electron chi connectivity index (χ1n) is 5.30. The van der Waals surface area contributed by atoms with Crippen molar-refractivity contribution in [3.63, 3.8) is 0 Å². The Morgan fingerprint density at radius 2 is 2.19 bits per heavy atom. The second kappa shape index (κ2) is 4.07. The molecular formula is C11H12BrN3O. The van der Waals surface area contributed by atoms with Gasteiger partial charge in [0.1, 0.15) is 0 Å². The fraction of sp³-hybridized carbons (Fsp3) is 0.364. The van der Waals surface area contributed by atoms with E-state index in [2.05, 4.69) is 36.9 Å². The van der Waals surface area contributed by atoms with Gasteiger partial charge in [-0.3, -0.25) is 0 Å². The number of aromatic nitrogens is 2. The van der Waals surface area contributed by atoms with E-state index in [0.29, 0.717) is 0 Å². The molecule has 0 unspecified atom stereocenters. The molecule has 0 saturated carbocycles. The minimum atomic E-state index is 0.778. The highest BCUT2D eigenvalue weighted by Gasteiger charge is 2.16. The maximum Gasteiger partial charge on any atom is 0.153 e. The highest BCUT2D eigenvalue weighted by atomic mass is 79.9. The minimum absolute atomic E-state index is 0.778. The molecule has 84 valence electrons. The van der Waals surface area contributed by atoms with Crippen LogP contribution in [0.5, 0.6) is 0 Å². The maximum absolute atomic E-state index is 5.35. The molecule has 2 aromatic rings. The maximum atomic E-state index is 5.35. The van der Waals surface area contributed by atoms with Crippen LogP contribution in [-0.4, -0.2) is 36.3 Å². The topological polar surface area (TPSA) is 41.2 Å². The summed E-state index contributed by atoms with van der Waals surface area (Å²) in [6, 6.07) is 2.06. The van der Waals surface area contributed by atoms with Crippen LogP contribution in [0.2, 0.25) is 0 Å². The Kier molecular flexibility index (Phi) is 2.57. The van der Waals surface area contributed by atoms with E-state index < -0.39 is 0 Å². The van der Waals surface area contributed by atoms with Crippen LogP contribution in [0.3, 0.4) is 0 Å². The lowest BCUT2D eigenvalue weighted by Gasteiger charge is -2.28. The van der Waals surface area contributed by atoms with E-state index >= 15 is 0 Å². The smallest absolute Gasteiger partial charge is 0.153 e.